The van der Waals surface area contributed by atoms with Crippen molar-refractivity contribution in [2.24, 2.45) is 4.99 Å². The van der Waals surface area contributed by atoms with E-state index in [0.29, 0.717) is 6.54 Å². The van der Waals surface area contributed by atoms with Crippen LogP contribution in [-0.4, -0.2) is 33.7 Å². The number of guanidine groups is 1. The summed E-state index contributed by atoms with van der Waals surface area (Å²) in [5, 5.41) is 6.55. The molecule has 0 fully saturated rings. The van der Waals surface area contributed by atoms with E-state index in [1.165, 1.54) is 6.07 Å². The number of aliphatic imine (C=N–C) groups is 1. The molecule has 1 heterocycles. The van der Waals surface area contributed by atoms with E-state index in [1.807, 2.05) is 0 Å². The molecule has 5 nitrogen and oxygen atoms in total. The molecule has 1 aromatic rings. The maximum atomic E-state index is 11.4. The Labute approximate surface area is 141 Å². The molecule has 0 saturated carbocycles. The van der Waals surface area contributed by atoms with Gasteiger partial charge in [-0.2, -0.15) is 0 Å². The van der Waals surface area contributed by atoms with Crippen molar-refractivity contribution in [2.75, 3.05) is 19.3 Å². The molecule has 0 amide bonds. The summed E-state index contributed by atoms with van der Waals surface area (Å²) in [5.41, 5.74) is 0.910. The summed E-state index contributed by atoms with van der Waals surface area (Å²) in [6.07, 6.45) is 2.19. The second-order valence-electron chi connectivity index (χ2n) is 4.40. The van der Waals surface area contributed by atoms with Crippen LogP contribution in [0.2, 0.25) is 5.02 Å². The third-order valence-corrected chi connectivity index (χ3v) is 4.33. The zero-order chi connectivity index (χ0) is 13.9. The first-order chi connectivity index (χ1) is 8.97. The fraction of sp³-hybridized carbons (Fsp3) is 0.417. The molecular weight excluding hydrogens is 413 g/mol. The summed E-state index contributed by atoms with van der Waals surface area (Å²) in [4.78, 5) is 4.45. The van der Waals surface area contributed by atoms with E-state index in [1.54, 1.807) is 12.1 Å². The van der Waals surface area contributed by atoms with Crippen molar-refractivity contribution in [3.63, 3.8) is 0 Å². The van der Waals surface area contributed by atoms with Gasteiger partial charge in [0, 0.05) is 25.9 Å². The third-order valence-electron chi connectivity index (χ3n) is 2.75. The van der Waals surface area contributed by atoms with Crippen molar-refractivity contribution in [3.8, 4) is 0 Å². The molecule has 0 radical (unpaired) electrons. The van der Waals surface area contributed by atoms with Gasteiger partial charge in [-0.05, 0) is 24.1 Å². The Kier molecular flexibility index (Phi) is 6.53. The van der Waals surface area contributed by atoms with Crippen molar-refractivity contribution in [2.45, 2.75) is 17.9 Å². The number of rotatable bonds is 3. The molecule has 0 saturated heterocycles. The first-order valence-corrected chi connectivity index (χ1v) is 8.24. The molecule has 0 spiro atoms. The SMILES string of the molecule is CS(=O)(=O)c1ccc(CNC2=NCCCN2)cc1Cl.I. The highest BCUT2D eigenvalue weighted by molar-refractivity contribution is 14.0. The summed E-state index contributed by atoms with van der Waals surface area (Å²) in [6.45, 7) is 2.29. The minimum absolute atomic E-state index is 0. The van der Waals surface area contributed by atoms with Crippen LogP contribution in [0.15, 0.2) is 28.1 Å². The fourth-order valence-electron chi connectivity index (χ4n) is 1.79. The molecule has 1 aromatic carbocycles. The Hall–Kier alpha value is -0.540. The molecule has 0 aliphatic carbocycles. The monoisotopic (exact) mass is 429 g/mol. The second-order valence-corrected chi connectivity index (χ2v) is 6.79. The molecule has 0 bridgehead atoms. The van der Waals surface area contributed by atoms with Crippen molar-refractivity contribution in [1.82, 2.24) is 10.6 Å². The van der Waals surface area contributed by atoms with Crippen LogP contribution in [0.3, 0.4) is 0 Å². The summed E-state index contributed by atoms with van der Waals surface area (Å²) in [6, 6.07) is 4.94. The van der Waals surface area contributed by atoms with E-state index >= 15 is 0 Å². The highest BCUT2D eigenvalue weighted by atomic mass is 127. The molecule has 0 atom stereocenters. The van der Waals surface area contributed by atoms with Gasteiger partial charge in [-0.25, -0.2) is 8.42 Å². The van der Waals surface area contributed by atoms with Crippen molar-refractivity contribution >= 4 is 51.4 Å². The fourth-order valence-corrected chi connectivity index (χ4v) is 3.14. The topological polar surface area (TPSA) is 70.6 Å². The number of halogens is 2. The summed E-state index contributed by atoms with van der Waals surface area (Å²) < 4.78 is 22.9. The Morgan fingerprint density at radius 3 is 2.75 bits per heavy atom. The summed E-state index contributed by atoms with van der Waals surface area (Å²) >= 11 is 5.98. The molecule has 2 N–H and O–H groups in total. The van der Waals surface area contributed by atoms with Crippen LogP contribution in [0.5, 0.6) is 0 Å². The molecule has 1 aliphatic rings. The minimum Gasteiger partial charge on any atom is -0.356 e. The smallest absolute Gasteiger partial charge is 0.191 e. The number of hydrogen-bond donors (Lipinski definition) is 2. The van der Waals surface area contributed by atoms with Gasteiger partial charge in [0.05, 0.1) is 9.92 Å². The van der Waals surface area contributed by atoms with Crippen LogP contribution in [0.1, 0.15) is 12.0 Å². The van der Waals surface area contributed by atoms with E-state index in [4.69, 9.17) is 11.6 Å². The first kappa shape index (κ1) is 17.5. The lowest BCUT2D eigenvalue weighted by Gasteiger charge is -2.16. The van der Waals surface area contributed by atoms with Gasteiger partial charge in [0.1, 0.15) is 0 Å². The van der Waals surface area contributed by atoms with Crippen molar-refractivity contribution in [3.05, 3.63) is 28.8 Å². The molecule has 20 heavy (non-hydrogen) atoms. The van der Waals surface area contributed by atoms with E-state index in [-0.39, 0.29) is 33.9 Å². The average Bonchev–Trinajstić information content (AvgIpc) is 2.36. The van der Waals surface area contributed by atoms with Gasteiger partial charge in [0.2, 0.25) is 0 Å². The van der Waals surface area contributed by atoms with Gasteiger partial charge >= 0.3 is 0 Å². The zero-order valence-corrected chi connectivity index (χ0v) is 14.9. The van der Waals surface area contributed by atoms with Gasteiger partial charge in [-0.3, -0.25) is 4.99 Å². The van der Waals surface area contributed by atoms with E-state index in [2.05, 4.69) is 15.6 Å². The Morgan fingerprint density at radius 1 is 1.45 bits per heavy atom. The number of benzene rings is 1. The Bertz CT molecular complexity index is 605. The summed E-state index contributed by atoms with van der Waals surface area (Å²) in [7, 11) is -3.27. The second kappa shape index (κ2) is 7.46. The lowest BCUT2D eigenvalue weighted by atomic mass is 10.2. The maximum absolute atomic E-state index is 11.4. The summed E-state index contributed by atoms with van der Waals surface area (Å²) in [5.74, 6) is 0.773. The highest BCUT2D eigenvalue weighted by Crippen LogP contribution is 2.22. The molecule has 0 aromatic heterocycles. The maximum Gasteiger partial charge on any atom is 0.191 e. The zero-order valence-electron chi connectivity index (χ0n) is 11.0. The van der Waals surface area contributed by atoms with Gasteiger partial charge in [-0.15, -0.1) is 24.0 Å². The van der Waals surface area contributed by atoms with Crippen molar-refractivity contribution < 1.29 is 8.42 Å². The number of nitrogens with one attached hydrogen (secondary N) is 2. The first-order valence-electron chi connectivity index (χ1n) is 5.97. The Balaban J connectivity index is 0.00000200. The van der Waals surface area contributed by atoms with Gasteiger partial charge in [0.25, 0.3) is 0 Å². The van der Waals surface area contributed by atoms with Gasteiger partial charge < -0.3 is 10.6 Å². The minimum atomic E-state index is -3.27. The van der Waals surface area contributed by atoms with Crippen LogP contribution in [0, 0.1) is 0 Å². The average molecular weight is 430 g/mol. The molecule has 0 unspecified atom stereocenters. The van der Waals surface area contributed by atoms with Crippen LogP contribution in [0.4, 0.5) is 0 Å². The van der Waals surface area contributed by atoms with E-state index in [0.717, 1.165) is 37.3 Å². The number of hydrogen-bond acceptors (Lipinski definition) is 5. The van der Waals surface area contributed by atoms with Crippen LogP contribution < -0.4 is 10.6 Å². The van der Waals surface area contributed by atoms with Crippen LogP contribution >= 0.6 is 35.6 Å². The normalized spacial score (nSPS) is 14.8. The molecular formula is C12H17ClIN3O2S. The number of sulfone groups is 1. The third kappa shape index (κ3) is 4.78. The van der Waals surface area contributed by atoms with E-state index < -0.39 is 9.84 Å². The highest BCUT2D eigenvalue weighted by Gasteiger charge is 2.12. The van der Waals surface area contributed by atoms with Crippen LogP contribution in [0.25, 0.3) is 0 Å². The van der Waals surface area contributed by atoms with Gasteiger partial charge in [-0.1, -0.05) is 17.7 Å². The lowest BCUT2D eigenvalue weighted by molar-refractivity contribution is 0.602. The largest absolute Gasteiger partial charge is 0.356 e. The van der Waals surface area contributed by atoms with E-state index in [9.17, 15) is 8.42 Å². The van der Waals surface area contributed by atoms with Crippen LogP contribution in [-0.2, 0) is 16.4 Å². The lowest BCUT2D eigenvalue weighted by Crippen LogP contribution is -2.40. The molecule has 1 aliphatic heterocycles. The standard InChI is InChI=1S/C12H16ClN3O2S.HI/c1-19(17,18)11-4-3-9(7-10(11)13)8-16-12-14-5-2-6-15-12;/h3-4,7H,2,5-6,8H2,1H3,(H2,14,15,16);1H. The Morgan fingerprint density at radius 2 is 2.20 bits per heavy atom. The number of nitrogens with zero attached hydrogens (tertiary/aromatic N) is 1. The predicted octanol–water partition coefficient (Wildman–Crippen LogP) is 1.80. The molecule has 2 rings (SSSR count). The molecule has 8 heteroatoms. The van der Waals surface area contributed by atoms with Crippen molar-refractivity contribution in [1.29, 1.82) is 0 Å². The predicted molar refractivity (Wildman–Crippen MR) is 91.7 cm³/mol. The quantitative estimate of drug-likeness (QED) is 0.719. The molecule has 112 valence electrons. The van der Waals surface area contributed by atoms with Gasteiger partial charge in [0.15, 0.2) is 15.8 Å².